The molecule has 0 spiro atoms. The van der Waals surface area contributed by atoms with Crippen molar-refractivity contribution in [3.05, 3.63) is 33.0 Å². The van der Waals surface area contributed by atoms with Crippen molar-refractivity contribution in [2.75, 3.05) is 0 Å². The van der Waals surface area contributed by atoms with Gasteiger partial charge in [-0.2, -0.15) is 0 Å². The van der Waals surface area contributed by atoms with E-state index in [9.17, 15) is 0 Å². The van der Waals surface area contributed by atoms with Crippen LogP contribution in [0.1, 0.15) is 19.7 Å². The van der Waals surface area contributed by atoms with Gasteiger partial charge in [0, 0.05) is 21.1 Å². The number of rotatable bonds is 4. The zero-order valence-corrected chi connectivity index (χ0v) is 15.5. The average Bonchev–Trinajstić information content (AvgIpc) is 2.74. The predicted molar refractivity (Wildman–Crippen MR) is 88.3 cm³/mol. The predicted octanol–water partition coefficient (Wildman–Crippen LogP) is 5.02. The molecule has 0 atom stereocenters. The second kappa shape index (κ2) is 6.50. The molecule has 0 aliphatic carbocycles. The monoisotopic (exact) mass is 449 g/mol. The van der Waals surface area contributed by atoms with Crippen LogP contribution in [0.4, 0.5) is 0 Å². The van der Waals surface area contributed by atoms with E-state index in [-0.39, 0.29) is 0 Å². The van der Waals surface area contributed by atoms with Gasteiger partial charge in [-0.25, -0.2) is 0 Å². The van der Waals surface area contributed by atoms with Crippen molar-refractivity contribution in [1.82, 2.24) is 14.8 Å². The third-order valence-electron chi connectivity index (χ3n) is 2.66. The highest BCUT2D eigenvalue weighted by molar-refractivity contribution is 9.11. The van der Waals surface area contributed by atoms with E-state index in [1.54, 1.807) is 0 Å². The van der Waals surface area contributed by atoms with Gasteiger partial charge in [-0.1, -0.05) is 61.6 Å². The normalized spacial score (nSPS) is 11.3. The van der Waals surface area contributed by atoms with Crippen LogP contribution < -0.4 is 0 Å². The van der Waals surface area contributed by atoms with Crippen molar-refractivity contribution in [3.8, 4) is 11.4 Å². The highest BCUT2D eigenvalue weighted by atomic mass is 79.9. The maximum atomic E-state index is 4.34. The summed E-state index contributed by atoms with van der Waals surface area (Å²) in [5.41, 5.74) is 1.05. The van der Waals surface area contributed by atoms with Gasteiger partial charge in [-0.3, -0.25) is 0 Å². The summed E-state index contributed by atoms with van der Waals surface area (Å²) in [4.78, 5) is 0. The van der Waals surface area contributed by atoms with Gasteiger partial charge in [-0.15, -0.1) is 10.2 Å². The van der Waals surface area contributed by atoms with Crippen molar-refractivity contribution >= 4 is 47.8 Å². The molecular weight excluding hydrogens is 438 g/mol. The molecule has 102 valence electrons. The Balaban J connectivity index is 2.55. The first-order valence-electron chi connectivity index (χ1n) is 5.96. The zero-order valence-electron chi connectivity index (χ0n) is 10.7. The van der Waals surface area contributed by atoms with Crippen LogP contribution >= 0.6 is 47.8 Å². The minimum absolute atomic E-state index is 0.540. The number of alkyl halides is 1. The van der Waals surface area contributed by atoms with Crippen LogP contribution in [0.5, 0.6) is 0 Å². The van der Waals surface area contributed by atoms with Gasteiger partial charge in [0.05, 0.1) is 5.33 Å². The molecule has 1 aromatic carbocycles. The highest BCUT2D eigenvalue weighted by Crippen LogP contribution is 2.31. The molecule has 0 fully saturated rings. The van der Waals surface area contributed by atoms with Crippen LogP contribution in [-0.4, -0.2) is 14.8 Å². The highest BCUT2D eigenvalue weighted by Gasteiger charge is 2.16. The summed E-state index contributed by atoms with van der Waals surface area (Å²) in [6.45, 7) is 5.29. The molecule has 0 unspecified atom stereocenters. The molecule has 1 aromatic heterocycles. The zero-order chi connectivity index (χ0) is 14.0. The molecule has 0 N–H and O–H groups in total. The molecule has 0 aliphatic rings. The van der Waals surface area contributed by atoms with E-state index in [0.29, 0.717) is 11.2 Å². The van der Waals surface area contributed by atoms with Gasteiger partial charge < -0.3 is 4.57 Å². The number of nitrogens with zero attached hydrogens (tertiary/aromatic N) is 3. The van der Waals surface area contributed by atoms with Crippen LogP contribution in [0, 0.1) is 5.92 Å². The topological polar surface area (TPSA) is 30.7 Å². The van der Waals surface area contributed by atoms with E-state index >= 15 is 0 Å². The largest absolute Gasteiger partial charge is 0.310 e. The summed E-state index contributed by atoms with van der Waals surface area (Å²) in [7, 11) is 0. The molecule has 2 aromatic rings. The molecule has 6 heteroatoms. The van der Waals surface area contributed by atoms with Gasteiger partial charge in [0.1, 0.15) is 5.82 Å². The first-order chi connectivity index (χ1) is 9.02. The van der Waals surface area contributed by atoms with E-state index in [1.165, 1.54) is 0 Å². The quantitative estimate of drug-likeness (QED) is 0.611. The first-order valence-corrected chi connectivity index (χ1v) is 8.67. The van der Waals surface area contributed by atoms with E-state index in [0.717, 1.165) is 32.7 Å². The summed E-state index contributed by atoms with van der Waals surface area (Å²) in [5.74, 6) is 2.39. The summed E-state index contributed by atoms with van der Waals surface area (Å²) >= 11 is 10.6. The van der Waals surface area contributed by atoms with Crippen molar-refractivity contribution in [1.29, 1.82) is 0 Å². The number of hydrogen-bond acceptors (Lipinski definition) is 2. The molecule has 0 saturated heterocycles. The van der Waals surface area contributed by atoms with Crippen molar-refractivity contribution in [3.63, 3.8) is 0 Å². The number of halogens is 3. The second-order valence-corrected chi connectivity index (χ2v) is 7.03. The van der Waals surface area contributed by atoms with E-state index in [4.69, 9.17) is 0 Å². The summed E-state index contributed by atoms with van der Waals surface area (Å²) in [6.07, 6.45) is 0. The molecular formula is C13H14Br3N3. The summed E-state index contributed by atoms with van der Waals surface area (Å²) < 4.78 is 4.23. The standard InChI is InChI=1S/C13H14Br3N3/c1-8(2)7-19-12(6-14)17-18-13(19)10-5-9(15)3-4-11(10)16/h3-5,8H,6-7H2,1-2H3. The second-order valence-electron chi connectivity index (χ2n) is 4.70. The van der Waals surface area contributed by atoms with Gasteiger partial charge >= 0.3 is 0 Å². The van der Waals surface area contributed by atoms with Crippen LogP contribution in [-0.2, 0) is 11.9 Å². The molecule has 19 heavy (non-hydrogen) atoms. The Morgan fingerprint density at radius 2 is 1.95 bits per heavy atom. The maximum absolute atomic E-state index is 4.34. The molecule has 0 bridgehead atoms. The van der Waals surface area contributed by atoms with E-state index in [1.807, 2.05) is 12.1 Å². The van der Waals surface area contributed by atoms with Crippen molar-refractivity contribution in [2.24, 2.45) is 5.92 Å². The Kier molecular flexibility index (Phi) is 5.20. The number of aromatic nitrogens is 3. The van der Waals surface area contributed by atoms with Gasteiger partial charge in [0.25, 0.3) is 0 Å². The van der Waals surface area contributed by atoms with Crippen molar-refractivity contribution < 1.29 is 0 Å². The molecule has 0 amide bonds. The Bertz CT molecular complexity index is 579. The molecule has 2 rings (SSSR count). The number of benzene rings is 1. The Hall–Kier alpha value is -0.200. The smallest absolute Gasteiger partial charge is 0.165 e. The van der Waals surface area contributed by atoms with Crippen molar-refractivity contribution in [2.45, 2.75) is 25.7 Å². The van der Waals surface area contributed by atoms with Gasteiger partial charge in [0.2, 0.25) is 0 Å². The average molecular weight is 452 g/mol. The Labute approximate surface area is 138 Å². The minimum Gasteiger partial charge on any atom is -0.310 e. The van der Waals surface area contributed by atoms with Crippen LogP contribution in [0.15, 0.2) is 27.1 Å². The van der Waals surface area contributed by atoms with E-state index in [2.05, 4.69) is 82.5 Å². The van der Waals surface area contributed by atoms with Crippen LogP contribution in [0.25, 0.3) is 11.4 Å². The third kappa shape index (κ3) is 3.47. The number of hydrogen-bond donors (Lipinski definition) is 0. The van der Waals surface area contributed by atoms with Crippen LogP contribution in [0.2, 0.25) is 0 Å². The fraction of sp³-hybridized carbons (Fsp3) is 0.385. The molecule has 0 aliphatic heterocycles. The minimum atomic E-state index is 0.540. The first kappa shape index (κ1) is 15.2. The summed E-state index contributed by atoms with van der Waals surface area (Å²) in [5, 5.41) is 9.32. The lowest BCUT2D eigenvalue weighted by Gasteiger charge is -2.13. The lowest BCUT2D eigenvalue weighted by atomic mass is 10.2. The van der Waals surface area contributed by atoms with Crippen LogP contribution in [0.3, 0.4) is 0 Å². The molecule has 3 nitrogen and oxygen atoms in total. The van der Waals surface area contributed by atoms with Gasteiger partial charge in [0.15, 0.2) is 5.82 Å². The van der Waals surface area contributed by atoms with Gasteiger partial charge in [-0.05, 0) is 24.1 Å². The fourth-order valence-corrected chi connectivity index (χ4v) is 3.06. The molecule has 0 radical (unpaired) electrons. The lowest BCUT2D eigenvalue weighted by molar-refractivity contribution is 0.516. The third-order valence-corrected chi connectivity index (χ3v) is 4.35. The summed E-state index contributed by atoms with van der Waals surface area (Å²) in [6, 6.07) is 6.08. The Morgan fingerprint density at radius 1 is 1.21 bits per heavy atom. The van der Waals surface area contributed by atoms with E-state index < -0.39 is 0 Å². The maximum Gasteiger partial charge on any atom is 0.165 e. The molecule has 0 saturated carbocycles. The SMILES string of the molecule is CC(C)Cn1c(CBr)nnc1-c1cc(Br)ccc1Br. The lowest BCUT2D eigenvalue weighted by Crippen LogP contribution is -2.09. The molecule has 1 heterocycles. The Morgan fingerprint density at radius 3 is 2.58 bits per heavy atom. The fourth-order valence-electron chi connectivity index (χ4n) is 1.86.